The van der Waals surface area contributed by atoms with E-state index in [0.717, 1.165) is 23.0 Å². The molecule has 31 heavy (non-hydrogen) atoms. The lowest BCUT2D eigenvalue weighted by atomic mass is 10.2. The molecule has 0 aliphatic carbocycles. The van der Waals surface area contributed by atoms with Crippen molar-refractivity contribution < 1.29 is 14.0 Å². The molecule has 2 N–H and O–H groups in total. The van der Waals surface area contributed by atoms with Gasteiger partial charge in [0.15, 0.2) is 5.16 Å². The van der Waals surface area contributed by atoms with Crippen LogP contribution in [0.25, 0.3) is 0 Å². The third-order valence-corrected chi connectivity index (χ3v) is 5.29. The third-order valence-electron chi connectivity index (χ3n) is 4.32. The fourth-order valence-electron chi connectivity index (χ4n) is 2.80. The number of anilines is 2. The fourth-order valence-corrected chi connectivity index (χ4v) is 3.57. The second kappa shape index (κ2) is 10.5. The van der Waals surface area contributed by atoms with Gasteiger partial charge in [-0.3, -0.25) is 9.59 Å². The molecule has 0 saturated heterocycles. The van der Waals surface area contributed by atoms with Crippen LogP contribution in [-0.2, 0) is 22.6 Å². The number of benzene rings is 2. The Bertz CT molecular complexity index is 1100. The molecule has 3 aromatic rings. The lowest BCUT2D eigenvalue weighted by Crippen LogP contribution is -2.18. The van der Waals surface area contributed by atoms with Crippen LogP contribution in [0.1, 0.15) is 11.4 Å². The highest BCUT2D eigenvalue weighted by atomic mass is 32.2. The van der Waals surface area contributed by atoms with Gasteiger partial charge in [-0.1, -0.05) is 48.2 Å². The van der Waals surface area contributed by atoms with Crippen LogP contribution in [0.5, 0.6) is 0 Å². The first-order valence-electron chi connectivity index (χ1n) is 9.53. The summed E-state index contributed by atoms with van der Waals surface area (Å²) >= 11 is 1.15. The van der Waals surface area contributed by atoms with Crippen LogP contribution >= 0.6 is 11.8 Å². The molecule has 0 saturated carbocycles. The minimum absolute atomic E-state index is 0.0129. The number of rotatable bonds is 9. The first-order valence-corrected chi connectivity index (χ1v) is 10.5. The van der Waals surface area contributed by atoms with Gasteiger partial charge in [0.1, 0.15) is 11.6 Å². The molecule has 1 aromatic heterocycles. The van der Waals surface area contributed by atoms with E-state index in [-0.39, 0.29) is 29.7 Å². The van der Waals surface area contributed by atoms with Crippen LogP contribution in [0.15, 0.2) is 66.3 Å². The Labute approximate surface area is 183 Å². The zero-order valence-corrected chi connectivity index (χ0v) is 17.8. The Balaban J connectivity index is 1.63. The van der Waals surface area contributed by atoms with Gasteiger partial charge in [-0.2, -0.15) is 0 Å². The molecule has 0 aliphatic rings. The maximum absolute atomic E-state index is 13.7. The summed E-state index contributed by atoms with van der Waals surface area (Å²) in [4.78, 5) is 24.7. The molecule has 3 rings (SSSR count). The molecule has 2 aromatic carbocycles. The minimum atomic E-state index is -0.502. The summed E-state index contributed by atoms with van der Waals surface area (Å²) in [6.07, 6.45) is 1.69. The highest BCUT2D eigenvalue weighted by Crippen LogP contribution is 2.20. The molecular formula is C22H22FN5O2S. The first kappa shape index (κ1) is 22.2. The summed E-state index contributed by atoms with van der Waals surface area (Å²) in [7, 11) is 0. The van der Waals surface area contributed by atoms with Crippen molar-refractivity contribution in [2.75, 3.05) is 16.4 Å². The van der Waals surface area contributed by atoms with Gasteiger partial charge < -0.3 is 15.2 Å². The predicted octanol–water partition coefficient (Wildman–Crippen LogP) is 3.82. The number of nitrogens with zero attached hydrogens (tertiary/aromatic N) is 3. The number of carbonyl (C=O) groups excluding carboxylic acids is 2. The van der Waals surface area contributed by atoms with Gasteiger partial charge in [0.05, 0.1) is 17.9 Å². The lowest BCUT2D eigenvalue weighted by molar-refractivity contribution is -0.116. The molecule has 0 aliphatic heterocycles. The highest BCUT2D eigenvalue weighted by Gasteiger charge is 2.17. The zero-order valence-electron chi connectivity index (χ0n) is 17.0. The number of amides is 2. The van der Waals surface area contributed by atoms with E-state index in [1.165, 1.54) is 12.1 Å². The maximum Gasteiger partial charge on any atom is 0.234 e. The maximum atomic E-state index is 13.7. The largest absolute Gasteiger partial charge is 0.325 e. The topological polar surface area (TPSA) is 88.9 Å². The predicted molar refractivity (Wildman–Crippen MR) is 119 cm³/mol. The number of thioether (sulfide) groups is 1. The van der Waals surface area contributed by atoms with Crippen molar-refractivity contribution in [2.24, 2.45) is 0 Å². The molecule has 160 valence electrons. The number of carbonyl (C=O) groups is 2. The van der Waals surface area contributed by atoms with Crippen molar-refractivity contribution in [2.45, 2.75) is 25.0 Å². The van der Waals surface area contributed by atoms with Crippen LogP contribution < -0.4 is 10.6 Å². The minimum Gasteiger partial charge on any atom is -0.325 e. The number of allylic oxidation sites excluding steroid dienone is 1. The van der Waals surface area contributed by atoms with E-state index in [2.05, 4.69) is 27.4 Å². The molecule has 0 fully saturated rings. The van der Waals surface area contributed by atoms with Gasteiger partial charge in [0, 0.05) is 12.2 Å². The number of hydrogen-bond donors (Lipinski definition) is 2. The fraction of sp³-hybridized carbons (Fsp3) is 0.182. The summed E-state index contributed by atoms with van der Waals surface area (Å²) < 4.78 is 15.4. The molecular weight excluding hydrogens is 417 g/mol. The van der Waals surface area contributed by atoms with Crippen LogP contribution in [0.2, 0.25) is 0 Å². The van der Waals surface area contributed by atoms with Crippen LogP contribution in [0.4, 0.5) is 15.8 Å². The van der Waals surface area contributed by atoms with Gasteiger partial charge in [0.2, 0.25) is 11.8 Å². The van der Waals surface area contributed by atoms with Crippen molar-refractivity contribution in [1.29, 1.82) is 0 Å². The Hall–Kier alpha value is -3.46. The van der Waals surface area contributed by atoms with Gasteiger partial charge in [-0.25, -0.2) is 4.39 Å². The second-order valence-electron chi connectivity index (χ2n) is 6.65. The number of aromatic nitrogens is 3. The number of hydrogen-bond acceptors (Lipinski definition) is 5. The molecule has 0 spiro atoms. The summed E-state index contributed by atoms with van der Waals surface area (Å²) in [6.45, 7) is 6.03. The molecule has 1 heterocycles. The zero-order chi connectivity index (χ0) is 22.2. The Morgan fingerprint density at radius 3 is 2.45 bits per heavy atom. The number of halogens is 1. The van der Waals surface area contributed by atoms with Crippen molar-refractivity contribution in [3.8, 4) is 0 Å². The summed E-state index contributed by atoms with van der Waals surface area (Å²) in [5, 5.41) is 14.1. The van der Waals surface area contributed by atoms with E-state index in [1.807, 2.05) is 31.2 Å². The average molecular weight is 440 g/mol. The molecule has 0 radical (unpaired) electrons. The van der Waals surface area contributed by atoms with Crippen LogP contribution in [-0.4, -0.2) is 32.3 Å². The monoisotopic (exact) mass is 439 g/mol. The standard InChI is InChI=1S/C22H22FN5O2S/c1-3-12-28-19(13-20(29)24-17-10-6-4-8-15(17)2)26-27-22(28)31-14-21(30)25-18-11-7-5-9-16(18)23/h3-11H,1,12-14H2,2H3,(H,24,29)(H,25,30). The molecule has 0 unspecified atom stereocenters. The smallest absolute Gasteiger partial charge is 0.234 e. The Morgan fingerprint density at radius 2 is 1.74 bits per heavy atom. The van der Waals surface area contributed by atoms with Crippen molar-refractivity contribution >= 4 is 35.0 Å². The highest BCUT2D eigenvalue weighted by molar-refractivity contribution is 7.99. The molecule has 7 nitrogen and oxygen atoms in total. The average Bonchev–Trinajstić information content (AvgIpc) is 3.11. The van der Waals surface area contributed by atoms with Crippen LogP contribution in [0.3, 0.4) is 0 Å². The van der Waals surface area contributed by atoms with E-state index >= 15 is 0 Å². The van der Waals surface area contributed by atoms with E-state index in [1.54, 1.807) is 22.8 Å². The van der Waals surface area contributed by atoms with E-state index in [9.17, 15) is 14.0 Å². The molecule has 0 bridgehead atoms. The lowest BCUT2D eigenvalue weighted by Gasteiger charge is -2.10. The van der Waals surface area contributed by atoms with E-state index < -0.39 is 5.82 Å². The van der Waals surface area contributed by atoms with E-state index in [0.29, 0.717) is 17.5 Å². The summed E-state index contributed by atoms with van der Waals surface area (Å²) in [5.41, 5.74) is 1.82. The molecule has 0 atom stereocenters. The number of nitrogens with one attached hydrogen (secondary N) is 2. The van der Waals surface area contributed by atoms with Crippen molar-refractivity contribution in [1.82, 2.24) is 14.8 Å². The van der Waals surface area contributed by atoms with Crippen molar-refractivity contribution in [3.05, 3.63) is 78.4 Å². The van der Waals surface area contributed by atoms with Crippen LogP contribution in [0, 0.1) is 12.7 Å². The van der Waals surface area contributed by atoms with Gasteiger partial charge in [-0.05, 0) is 30.7 Å². The SMILES string of the molecule is C=CCn1c(CC(=O)Nc2ccccc2C)nnc1SCC(=O)Nc1ccccc1F. The normalized spacial score (nSPS) is 10.5. The van der Waals surface area contributed by atoms with Gasteiger partial charge >= 0.3 is 0 Å². The first-order chi connectivity index (χ1) is 15.0. The van der Waals surface area contributed by atoms with Gasteiger partial charge in [-0.15, -0.1) is 16.8 Å². The third kappa shape index (κ3) is 6.02. The summed E-state index contributed by atoms with van der Waals surface area (Å²) in [5.74, 6) is -0.623. The quantitative estimate of drug-likeness (QED) is 0.391. The van der Waals surface area contributed by atoms with Crippen molar-refractivity contribution in [3.63, 3.8) is 0 Å². The van der Waals surface area contributed by atoms with Gasteiger partial charge in [0.25, 0.3) is 0 Å². The molecule has 2 amide bonds. The Morgan fingerprint density at radius 1 is 1.06 bits per heavy atom. The Kier molecular flexibility index (Phi) is 7.55. The molecule has 9 heteroatoms. The number of para-hydroxylation sites is 2. The van der Waals surface area contributed by atoms with E-state index in [4.69, 9.17) is 0 Å². The number of aryl methyl sites for hydroxylation is 1. The summed E-state index contributed by atoms with van der Waals surface area (Å²) in [6, 6.07) is 13.5. The second-order valence-corrected chi connectivity index (χ2v) is 7.60.